The minimum absolute atomic E-state index is 0.0936. The number of pyridine rings is 2. The highest BCUT2D eigenvalue weighted by Gasteiger charge is 2.34. The minimum atomic E-state index is -0.193. The monoisotopic (exact) mass is 404 g/mol. The highest BCUT2D eigenvalue weighted by molar-refractivity contribution is 6.06. The molecule has 2 bridgehead atoms. The van der Waals surface area contributed by atoms with Crippen molar-refractivity contribution in [3.05, 3.63) is 80.6 Å². The van der Waals surface area contributed by atoms with Crippen LogP contribution in [0, 0.1) is 5.92 Å². The Morgan fingerprint density at radius 1 is 1.03 bits per heavy atom. The van der Waals surface area contributed by atoms with E-state index >= 15 is 0 Å². The fourth-order valence-corrected chi connectivity index (χ4v) is 5.00. The van der Waals surface area contributed by atoms with Crippen LogP contribution in [-0.2, 0) is 6.54 Å². The van der Waals surface area contributed by atoms with E-state index in [2.05, 4.69) is 21.3 Å². The highest BCUT2D eigenvalue weighted by Crippen LogP contribution is 2.34. The molecule has 2 aromatic heterocycles. The van der Waals surface area contributed by atoms with Crippen LogP contribution < -0.4 is 16.4 Å². The van der Waals surface area contributed by atoms with Gasteiger partial charge in [-0.25, -0.2) is 0 Å². The first kappa shape index (κ1) is 18.8. The molecule has 2 aliphatic heterocycles. The fraction of sp³-hybridized carbons (Fsp3) is 0.348. The summed E-state index contributed by atoms with van der Waals surface area (Å²) in [6.45, 7) is 3.91. The van der Waals surface area contributed by atoms with Crippen molar-refractivity contribution in [1.82, 2.24) is 19.8 Å². The molecule has 0 saturated carbocycles. The number of nitrogens with zero attached hydrogens (tertiary/aromatic N) is 2. The molecule has 0 radical (unpaired) electrons. The van der Waals surface area contributed by atoms with Gasteiger partial charge in [-0.2, -0.15) is 0 Å². The summed E-state index contributed by atoms with van der Waals surface area (Å²) in [6, 6.07) is 12.7. The Bertz CT molecular complexity index is 1230. The predicted octanol–water partition coefficient (Wildman–Crippen LogP) is 1.54. The number of rotatable bonds is 4. The van der Waals surface area contributed by atoms with E-state index in [-0.39, 0.29) is 17.0 Å². The summed E-state index contributed by atoms with van der Waals surface area (Å²) < 4.78 is 1.93. The first-order chi connectivity index (χ1) is 14.6. The van der Waals surface area contributed by atoms with Crippen molar-refractivity contribution < 1.29 is 4.79 Å². The van der Waals surface area contributed by atoms with E-state index < -0.39 is 0 Å². The van der Waals surface area contributed by atoms with Crippen LogP contribution in [-0.4, -0.2) is 46.5 Å². The average Bonchev–Trinajstić information content (AvgIpc) is 2.75. The molecule has 1 fully saturated rings. The number of hydrogen-bond donors (Lipinski definition) is 2. The van der Waals surface area contributed by atoms with Crippen LogP contribution in [0.25, 0.3) is 10.8 Å². The van der Waals surface area contributed by atoms with E-state index in [1.807, 2.05) is 16.7 Å². The third kappa shape index (κ3) is 3.35. The van der Waals surface area contributed by atoms with Gasteiger partial charge in [-0.05, 0) is 24.5 Å². The molecule has 2 N–H and O–H groups in total. The van der Waals surface area contributed by atoms with Gasteiger partial charge >= 0.3 is 0 Å². The lowest BCUT2D eigenvalue weighted by molar-refractivity contribution is 0.0929. The number of hydrogen-bond acceptors (Lipinski definition) is 4. The summed E-state index contributed by atoms with van der Waals surface area (Å²) in [6.07, 6.45) is 2.61. The maximum atomic E-state index is 12.7. The van der Waals surface area contributed by atoms with Crippen molar-refractivity contribution in [1.29, 1.82) is 0 Å². The second kappa shape index (κ2) is 7.57. The summed E-state index contributed by atoms with van der Waals surface area (Å²) in [5.74, 6) is 0.650. The van der Waals surface area contributed by atoms with Crippen molar-refractivity contribution in [3.8, 4) is 0 Å². The molecule has 2 aliphatic rings. The van der Waals surface area contributed by atoms with Crippen LogP contribution in [0.1, 0.15) is 28.4 Å². The van der Waals surface area contributed by atoms with Crippen molar-refractivity contribution in [2.45, 2.75) is 18.9 Å². The summed E-state index contributed by atoms with van der Waals surface area (Å²) in [4.78, 5) is 41.9. The Morgan fingerprint density at radius 2 is 1.87 bits per heavy atom. The van der Waals surface area contributed by atoms with E-state index in [9.17, 15) is 14.4 Å². The lowest BCUT2D eigenvalue weighted by Gasteiger charge is -2.42. The number of likely N-dealkylation sites (tertiary alicyclic amines) is 1. The predicted molar refractivity (Wildman–Crippen MR) is 115 cm³/mol. The van der Waals surface area contributed by atoms with Crippen LogP contribution in [0.4, 0.5) is 0 Å². The van der Waals surface area contributed by atoms with Crippen molar-refractivity contribution in [2.24, 2.45) is 5.92 Å². The number of carbonyl (C=O) groups is 1. The molecule has 1 aromatic carbocycles. The van der Waals surface area contributed by atoms with Gasteiger partial charge in [0.1, 0.15) is 0 Å². The lowest BCUT2D eigenvalue weighted by Crippen LogP contribution is -2.48. The lowest BCUT2D eigenvalue weighted by atomic mass is 9.83. The number of amides is 1. The molecule has 2 unspecified atom stereocenters. The number of piperidine rings is 1. The smallest absolute Gasteiger partial charge is 0.255 e. The molecule has 0 aliphatic carbocycles. The van der Waals surface area contributed by atoms with E-state index in [1.54, 1.807) is 24.3 Å². The molecule has 4 heterocycles. The summed E-state index contributed by atoms with van der Waals surface area (Å²) in [5, 5.41) is 4.17. The SMILES string of the molecule is O=C(NCCN1CC2CC(C1)c1cccc(=O)n1C2)c1c[nH]c(=O)c2ccccc12. The molecular formula is C23H24N4O3. The fourth-order valence-electron chi connectivity index (χ4n) is 5.00. The zero-order valence-electron chi connectivity index (χ0n) is 16.6. The number of aromatic nitrogens is 2. The molecule has 30 heavy (non-hydrogen) atoms. The van der Waals surface area contributed by atoms with Crippen LogP contribution in [0.5, 0.6) is 0 Å². The van der Waals surface area contributed by atoms with Gasteiger partial charge in [0.05, 0.1) is 5.56 Å². The molecule has 154 valence electrons. The highest BCUT2D eigenvalue weighted by atomic mass is 16.2. The molecule has 0 spiro atoms. The zero-order chi connectivity index (χ0) is 20.7. The molecule has 7 nitrogen and oxygen atoms in total. The second-order valence-electron chi connectivity index (χ2n) is 8.29. The number of benzene rings is 1. The van der Waals surface area contributed by atoms with Gasteiger partial charge in [-0.1, -0.05) is 24.3 Å². The molecule has 5 rings (SSSR count). The Labute approximate surface area is 173 Å². The zero-order valence-corrected chi connectivity index (χ0v) is 16.6. The topological polar surface area (TPSA) is 87.2 Å². The van der Waals surface area contributed by atoms with Gasteiger partial charge in [0, 0.05) is 67.4 Å². The molecular weight excluding hydrogens is 380 g/mol. The van der Waals surface area contributed by atoms with Crippen molar-refractivity contribution >= 4 is 16.7 Å². The summed E-state index contributed by atoms with van der Waals surface area (Å²) in [7, 11) is 0. The average molecular weight is 404 g/mol. The van der Waals surface area contributed by atoms with Crippen molar-refractivity contribution in [3.63, 3.8) is 0 Å². The number of carbonyl (C=O) groups excluding carboxylic acids is 1. The summed E-state index contributed by atoms with van der Waals surface area (Å²) in [5.41, 5.74) is 1.51. The van der Waals surface area contributed by atoms with E-state index in [4.69, 9.17) is 0 Å². The third-order valence-corrected chi connectivity index (χ3v) is 6.32. The van der Waals surface area contributed by atoms with E-state index in [0.29, 0.717) is 34.7 Å². The van der Waals surface area contributed by atoms with Crippen LogP contribution in [0.2, 0.25) is 0 Å². The largest absolute Gasteiger partial charge is 0.351 e. The van der Waals surface area contributed by atoms with Crippen LogP contribution in [0.3, 0.4) is 0 Å². The summed E-state index contributed by atoms with van der Waals surface area (Å²) >= 11 is 0. The van der Waals surface area contributed by atoms with Gasteiger partial charge in [0.2, 0.25) is 0 Å². The third-order valence-electron chi connectivity index (χ3n) is 6.32. The van der Waals surface area contributed by atoms with Gasteiger partial charge < -0.3 is 19.8 Å². The van der Waals surface area contributed by atoms with Gasteiger partial charge in [0.25, 0.3) is 17.0 Å². The van der Waals surface area contributed by atoms with Gasteiger partial charge in [-0.15, -0.1) is 0 Å². The van der Waals surface area contributed by atoms with Gasteiger partial charge in [0.15, 0.2) is 0 Å². The number of nitrogens with one attached hydrogen (secondary N) is 2. The Kier molecular flexibility index (Phi) is 4.75. The Balaban J connectivity index is 1.24. The van der Waals surface area contributed by atoms with Crippen LogP contribution >= 0.6 is 0 Å². The maximum absolute atomic E-state index is 12.7. The Hall–Kier alpha value is -3.19. The van der Waals surface area contributed by atoms with E-state index in [0.717, 1.165) is 38.3 Å². The minimum Gasteiger partial charge on any atom is -0.351 e. The standard InChI is InChI=1S/C23H24N4O3/c28-21-7-3-6-20-16-10-15(13-27(20)21)12-26(14-16)9-8-24-23(30)19-11-25-22(29)18-5-2-1-4-17(18)19/h1-7,11,15-16H,8-10,12-14H2,(H,24,30)(H,25,29). The van der Waals surface area contributed by atoms with Crippen molar-refractivity contribution in [2.75, 3.05) is 26.2 Å². The van der Waals surface area contributed by atoms with Gasteiger partial charge in [-0.3, -0.25) is 14.4 Å². The molecule has 2 atom stereocenters. The van der Waals surface area contributed by atoms with Crippen LogP contribution in [0.15, 0.2) is 58.3 Å². The van der Waals surface area contributed by atoms with E-state index in [1.165, 1.54) is 6.20 Å². The normalized spacial score (nSPS) is 20.7. The molecule has 1 amide bonds. The first-order valence-corrected chi connectivity index (χ1v) is 10.4. The second-order valence-corrected chi connectivity index (χ2v) is 8.29. The Morgan fingerprint density at radius 3 is 2.73 bits per heavy atom. The number of aromatic amines is 1. The molecule has 3 aromatic rings. The molecule has 7 heteroatoms. The number of H-pyrrole nitrogens is 1. The molecule has 1 saturated heterocycles. The quantitative estimate of drug-likeness (QED) is 0.691. The maximum Gasteiger partial charge on any atom is 0.255 e. The number of fused-ring (bicyclic) bond motifs is 5. The first-order valence-electron chi connectivity index (χ1n) is 10.4.